The van der Waals surface area contributed by atoms with E-state index in [1.54, 1.807) is 13.3 Å². The zero-order valence-corrected chi connectivity index (χ0v) is 17.0. The number of rotatable bonds is 3. The highest BCUT2D eigenvalue weighted by Crippen LogP contribution is 2.45. The zero-order chi connectivity index (χ0) is 20.1. The monoisotopic (exact) mass is 409 g/mol. The molecule has 1 aliphatic rings. The number of benzene rings is 2. The summed E-state index contributed by atoms with van der Waals surface area (Å²) >= 11 is 1.53. The minimum atomic E-state index is -0.101. The van der Waals surface area contributed by atoms with E-state index in [0.717, 1.165) is 43.4 Å². The van der Waals surface area contributed by atoms with E-state index in [1.807, 2.05) is 32.0 Å². The molecule has 1 aliphatic heterocycles. The molecule has 0 saturated heterocycles. The molecule has 2 aromatic carbocycles. The van der Waals surface area contributed by atoms with Crippen molar-refractivity contribution in [1.82, 2.24) is 15.0 Å². The number of aliphatic hydroxyl groups is 1. The van der Waals surface area contributed by atoms with E-state index in [4.69, 9.17) is 19.2 Å². The number of ether oxygens (including phenoxy) is 3. The van der Waals surface area contributed by atoms with Gasteiger partial charge in [-0.1, -0.05) is 0 Å². The van der Waals surface area contributed by atoms with Crippen molar-refractivity contribution in [1.29, 1.82) is 0 Å². The third kappa shape index (κ3) is 2.95. The maximum atomic E-state index is 9.73. The predicted molar refractivity (Wildman–Crippen MR) is 111 cm³/mol. The second-order valence-electron chi connectivity index (χ2n) is 7.04. The SMILES string of the molecule is COc1cnc2c(-c3nc4c(C)cc5c(c4s3)OCC(C)O5)cc(CO)cc2n1. The Bertz CT molecular complexity index is 1250. The predicted octanol–water partition coefficient (Wildman–Crippen LogP) is 3.88. The molecule has 5 rings (SSSR count). The van der Waals surface area contributed by atoms with Gasteiger partial charge in [0.2, 0.25) is 5.88 Å². The Kier molecular flexibility index (Phi) is 4.25. The van der Waals surface area contributed by atoms with Crippen molar-refractivity contribution in [3.63, 3.8) is 0 Å². The van der Waals surface area contributed by atoms with Gasteiger partial charge in [0.15, 0.2) is 11.5 Å². The molecule has 0 saturated carbocycles. The first-order chi connectivity index (χ1) is 14.1. The minimum absolute atomic E-state index is 0.0159. The zero-order valence-electron chi connectivity index (χ0n) is 16.2. The molecule has 1 unspecified atom stereocenters. The third-order valence-electron chi connectivity index (χ3n) is 4.88. The molecule has 148 valence electrons. The number of aliphatic hydroxyl groups excluding tert-OH is 1. The highest BCUT2D eigenvalue weighted by Gasteiger charge is 2.24. The van der Waals surface area contributed by atoms with Gasteiger partial charge in [-0.05, 0) is 43.2 Å². The van der Waals surface area contributed by atoms with Crippen LogP contribution in [0.15, 0.2) is 24.4 Å². The summed E-state index contributed by atoms with van der Waals surface area (Å²) < 4.78 is 18.1. The van der Waals surface area contributed by atoms with E-state index in [1.165, 1.54) is 11.3 Å². The number of fused-ring (bicyclic) bond motifs is 4. The van der Waals surface area contributed by atoms with E-state index in [-0.39, 0.29) is 12.7 Å². The fourth-order valence-electron chi connectivity index (χ4n) is 3.49. The molecule has 29 heavy (non-hydrogen) atoms. The number of methoxy groups -OCH3 is 1. The quantitative estimate of drug-likeness (QED) is 0.549. The lowest BCUT2D eigenvalue weighted by atomic mass is 10.1. The van der Waals surface area contributed by atoms with Crippen molar-refractivity contribution < 1.29 is 19.3 Å². The van der Waals surface area contributed by atoms with Gasteiger partial charge >= 0.3 is 0 Å². The lowest BCUT2D eigenvalue weighted by Gasteiger charge is -2.24. The standard InChI is InChI=1S/C21H19N3O4S/c1-10-4-15-19(27-9-11(2)28-15)20-17(10)24-21(29-20)13-5-12(8-25)6-14-18(13)22-7-16(23-14)26-3/h4-7,11,25H,8-9H2,1-3H3. The van der Waals surface area contributed by atoms with Crippen LogP contribution in [0.2, 0.25) is 0 Å². The maximum absolute atomic E-state index is 9.73. The fourth-order valence-corrected chi connectivity index (χ4v) is 4.64. The lowest BCUT2D eigenvalue weighted by Crippen LogP contribution is -2.25. The fraction of sp³-hybridized carbons (Fsp3) is 0.286. The Morgan fingerprint density at radius 1 is 1.24 bits per heavy atom. The van der Waals surface area contributed by atoms with Crippen LogP contribution in [0.4, 0.5) is 0 Å². The summed E-state index contributed by atoms with van der Waals surface area (Å²) in [7, 11) is 1.55. The summed E-state index contributed by atoms with van der Waals surface area (Å²) in [5.41, 5.74) is 4.82. The largest absolute Gasteiger partial charge is 0.484 e. The smallest absolute Gasteiger partial charge is 0.232 e. The Balaban J connectivity index is 1.75. The number of hydrogen-bond acceptors (Lipinski definition) is 8. The average Bonchev–Trinajstić information content (AvgIpc) is 3.18. The van der Waals surface area contributed by atoms with Crippen LogP contribution in [0.25, 0.3) is 31.8 Å². The van der Waals surface area contributed by atoms with Crippen LogP contribution in [-0.2, 0) is 6.61 Å². The van der Waals surface area contributed by atoms with Gasteiger partial charge in [-0.2, -0.15) is 0 Å². The molecule has 3 heterocycles. The number of nitrogens with zero attached hydrogens (tertiary/aromatic N) is 3. The van der Waals surface area contributed by atoms with Gasteiger partial charge in [-0.15, -0.1) is 11.3 Å². The number of aromatic nitrogens is 3. The van der Waals surface area contributed by atoms with Crippen LogP contribution in [0.3, 0.4) is 0 Å². The highest BCUT2D eigenvalue weighted by molar-refractivity contribution is 7.22. The summed E-state index contributed by atoms with van der Waals surface area (Å²) in [5, 5.41) is 10.5. The molecule has 0 amide bonds. The van der Waals surface area contributed by atoms with Gasteiger partial charge in [0.25, 0.3) is 0 Å². The van der Waals surface area contributed by atoms with Crippen LogP contribution in [-0.4, -0.2) is 39.9 Å². The summed E-state index contributed by atoms with van der Waals surface area (Å²) in [6.07, 6.45) is 1.60. The van der Waals surface area contributed by atoms with E-state index in [0.29, 0.717) is 23.5 Å². The van der Waals surface area contributed by atoms with Gasteiger partial charge in [0.05, 0.1) is 36.5 Å². The van der Waals surface area contributed by atoms with Crippen molar-refractivity contribution in [2.24, 2.45) is 0 Å². The van der Waals surface area contributed by atoms with Gasteiger partial charge in [-0.25, -0.2) is 15.0 Å². The first kappa shape index (κ1) is 18.1. The molecule has 8 heteroatoms. The molecule has 0 aliphatic carbocycles. The second-order valence-corrected chi connectivity index (χ2v) is 8.04. The summed E-state index contributed by atoms with van der Waals surface area (Å²) in [6, 6.07) is 5.69. The molecule has 1 atom stereocenters. The van der Waals surface area contributed by atoms with Crippen molar-refractivity contribution in [3.05, 3.63) is 35.5 Å². The van der Waals surface area contributed by atoms with Crippen LogP contribution in [0, 0.1) is 6.92 Å². The van der Waals surface area contributed by atoms with Gasteiger partial charge in [0.1, 0.15) is 22.4 Å². The van der Waals surface area contributed by atoms with E-state index < -0.39 is 0 Å². The first-order valence-corrected chi connectivity index (χ1v) is 10.1. The molecular formula is C21H19N3O4S. The van der Waals surface area contributed by atoms with E-state index in [9.17, 15) is 5.11 Å². The molecule has 7 nitrogen and oxygen atoms in total. The van der Waals surface area contributed by atoms with Crippen molar-refractivity contribution >= 4 is 32.6 Å². The van der Waals surface area contributed by atoms with Crippen molar-refractivity contribution in [2.75, 3.05) is 13.7 Å². The maximum Gasteiger partial charge on any atom is 0.232 e. The van der Waals surface area contributed by atoms with Crippen molar-refractivity contribution in [3.8, 4) is 28.0 Å². The minimum Gasteiger partial charge on any atom is -0.484 e. The molecular weight excluding hydrogens is 390 g/mol. The van der Waals surface area contributed by atoms with Gasteiger partial charge < -0.3 is 19.3 Å². The summed E-state index contributed by atoms with van der Waals surface area (Å²) in [6.45, 7) is 4.41. The summed E-state index contributed by atoms with van der Waals surface area (Å²) in [5.74, 6) is 1.91. The van der Waals surface area contributed by atoms with Gasteiger partial charge in [-0.3, -0.25) is 0 Å². The Morgan fingerprint density at radius 2 is 2.10 bits per heavy atom. The number of hydrogen-bond donors (Lipinski definition) is 1. The lowest BCUT2D eigenvalue weighted by molar-refractivity contribution is 0.106. The topological polar surface area (TPSA) is 86.6 Å². The first-order valence-electron chi connectivity index (χ1n) is 9.26. The molecule has 0 radical (unpaired) electrons. The molecule has 0 spiro atoms. The van der Waals surface area contributed by atoms with Crippen LogP contribution < -0.4 is 14.2 Å². The molecule has 1 N–H and O–H groups in total. The Labute approximate surface area is 170 Å². The van der Waals surface area contributed by atoms with Crippen LogP contribution in [0.1, 0.15) is 18.1 Å². The Hall–Kier alpha value is -2.97. The molecule has 0 bridgehead atoms. The highest BCUT2D eigenvalue weighted by atomic mass is 32.1. The normalized spacial score (nSPS) is 15.8. The third-order valence-corrected chi connectivity index (χ3v) is 5.96. The van der Waals surface area contributed by atoms with Crippen LogP contribution in [0.5, 0.6) is 17.4 Å². The van der Waals surface area contributed by atoms with E-state index in [2.05, 4.69) is 9.97 Å². The second kappa shape index (κ2) is 6.82. The molecule has 2 aromatic heterocycles. The Morgan fingerprint density at radius 3 is 2.90 bits per heavy atom. The number of aryl methyl sites for hydroxylation is 1. The molecule has 4 aromatic rings. The molecule has 0 fully saturated rings. The van der Waals surface area contributed by atoms with Gasteiger partial charge in [0, 0.05) is 5.56 Å². The average molecular weight is 409 g/mol. The van der Waals surface area contributed by atoms with Crippen molar-refractivity contribution in [2.45, 2.75) is 26.6 Å². The summed E-state index contributed by atoms with van der Waals surface area (Å²) in [4.78, 5) is 13.9. The number of thiazole rings is 1. The van der Waals surface area contributed by atoms with Crippen LogP contribution >= 0.6 is 11.3 Å². The van der Waals surface area contributed by atoms with E-state index >= 15 is 0 Å².